The summed E-state index contributed by atoms with van der Waals surface area (Å²) in [6.45, 7) is 2.09. The Morgan fingerprint density at radius 2 is 1.57 bits per heavy atom. The lowest BCUT2D eigenvalue weighted by molar-refractivity contribution is -0.138. The van der Waals surface area contributed by atoms with Crippen LogP contribution in [-0.4, -0.2) is 38.5 Å². The summed E-state index contributed by atoms with van der Waals surface area (Å²) in [6, 6.07) is 25.1. The van der Waals surface area contributed by atoms with Crippen molar-refractivity contribution < 1.29 is 32.9 Å². The molecule has 250 valence electrons. The van der Waals surface area contributed by atoms with E-state index < -0.39 is 12.0 Å². The zero-order valence-electron chi connectivity index (χ0n) is 27.3. The molecule has 0 amide bonds. The Morgan fingerprint density at radius 3 is 2.27 bits per heavy atom. The third kappa shape index (κ3) is 6.84. The number of rotatable bonds is 11. The molecule has 0 saturated carbocycles. The highest BCUT2D eigenvalue weighted by molar-refractivity contribution is 7.07. The van der Waals surface area contributed by atoms with Gasteiger partial charge in [-0.05, 0) is 66.1 Å². The van der Waals surface area contributed by atoms with Crippen molar-refractivity contribution in [1.29, 1.82) is 0 Å². The minimum Gasteiger partial charge on any atom is -0.493 e. The molecule has 49 heavy (non-hydrogen) atoms. The summed E-state index contributed by atoms with van der Waals surface area (Å²) in [5.41, 5.74) is 3.10. The number of methoxy groups -OCH3 is 3. The Bertz CT molecular complexity index is 2210. The number of fused-ring (bicyclic) bond motifs is 1. The number of ether oxygens (including phenoxy) is 5. The first-order valence-electron chi connectivity index (χ1n) is 15.4. The highest BCUT2D eigenvalue weighted by Crippen LogP contribution is 2.38. The van der Waals surface area contributed by atoms with Crippen molar-refractivity contribution in [1.82, 2.24) is 4.57 Å². The molecule has 9 nitrogen and oxygen atoms in total. The van der Waals surface area contributed by atoms with Crippen molar-refractivity contribution >= 4 is 29.1 Å². The van der Waals surface area contributed by atoms with Crippen LogP contribution in [0, 0.1) is 5.82 Å². The summed E-state index contributed by atoms with van der Waals surface area (Å²) in [4.78, 5) is 33.4. The first-order valence-corrected chi connectivity index (χ1v) is 16.2. The number of thiazole rings is 1. The van der Waals surface area contributed by atoms with Crippen LogP contribution < -0.4 is 33.8 Å². The molecule has 11 heteroatoms. The molecule has 0 saturated heterocycles. The molecule has 1 aliphatic heterocycles. The molecule has 5 aromatic rings. The Hall–Kier alpha value is -5.68. The molecular formula is C38H33FN2O7S. The van der Waals surface area contributed by atoms with Crippen LogP contribution in [-0.2, 0) is 16.1 Å². The quantitative estimate of drug-likeness (QED) is 0.166. The second-order valence-corrected chi connectivity index (χ2v) is 11.9. The summed E-state index contributed by atoms with van der Waals surface area (Å²) in [6.07, 6.45) is 1.75. The van der Waals surface area contributed by atoms with E-state index >= 15 is 0 Å². The second-order valence-electron chi connectivity index (χ2n) is 10.9. The van der Waals surface area contributed by atoms with Gasteiger partial charge in [0.1, 0.15) is 12.4 Å². The van der Waals surface area contributed by atoms with Gasteiger partial charge in [-0.3, -0.25) is 9.36 Å². The smallest absolute Gasteiger partial charge is 0.338 e. The Kier molecular flexibility index (Phi) is 9.91. The van der Waals surface area contributed by atoms with Gasteiger partial charge < -0.3 is 23.7 Å². The van der Waals surface area contributed by atoms with Crippen molar-refractivity contribution in [2.24, 2.45) is 4.99 Å². The maximum atomic E-state index is 14.3. The number of halogens is 1. The van der Waals surface area contributed by atoms with E-state index in [-0.39, 0.29) is 30.2 Å². The molecule has 4 aromatic carbocycles. The van der Waals surface area contributed by atoms with Gasteiger partial charge in [-0.2, -0.15) is 0 Å². The lowest BCUT2D eigenvalue weighted by Gasteiger charge is -2.26. The van der Waals surface area contributed by atoms with E-state index in [0.717, 1.165) is 5.56 Å². The fourth-order valence-electron chi connectivity index (χ4n) is 5.56. The number of carbonyl (C=O) groups excluding carboxylic acids is 1. The summed E-state index contributed by atoms with van der Waals surface area (Å²) < 4.78 is 43.4. The summed E-state index contributed by atoms with van der Waals surface area (Å²) in [5, 5.41) is 0. The summed E-state index contributed by atoms with van der Waals surface area (Å²) >= 11 is 1.21. The number of carbonyl (C=O) groups is 1. The van der Waals surface area contributed by atoms with Crippen LogP contribution in [0.3, 0.4) is 0 Å². The molecule has 0 radical (unpaired) electrons. The van der Waals surface area contributed by atoms with Crippen LogP contribution >= 0.6 is 11.3 Å². The van der Waals surface area contributed by atoms with Gasteiger partial charge in [-0.15, -0.1) is 0 Å². The van der Waals surface area contributed by atoms with Crippen LogP contribution in [0.1, 0.15) is 35.2 Å². The average Bonchev–Trinajstić information content (AvgIpc) is 3.44. The Labute approximate surface area is 285 Å². The maximum Gasteiger partial charge on any atom is 0.338 e. The molecule has 0 fully saturated rings. The SMILES string of the molecule is CCOC(=O)C1=C(c2ccccc2)N=c2s/c(=C\c3ccc(OCc4ccc(F)cc4)c(OC)c3)c(=O)n2[C@@H]1c1ccc(OC)c(OC)c1. The van der Waals surface area contributed by atoms with Gasteiger partial charge in [-0.1, -0.05) is 65.9 Å². The number of esters is 1. The molecule has 6 rings (SSSR count). The van der Waals surface area contributed by atoms with Crippen LogP contribution in [0.5, 0.6) is 23.0 Å². The Balaban J connectivity index is 1.49. The van der Waals surface area contributed by atoms with Gasteiger partial charge in [0.05, 0.1) is 49.8 Å². The first-order chi connectivity index (χ1) is 23.8. The van der Waals surface area contributed by atoms with Crippen molar-refractivity contribution in [2.75, 3.05) is 27.9 Å². The zero-order valence-corrected chi connectivity index (χ0v) is 28.1. The number of nitrogens with zero attached hydrogens (tertiary/aromatic N) is 2. The average molecular weight is 681 g/mol. The zero-order chi connectivity index (χ0) is 34.5. The molecule has 0 aliphatic carbocycles. The topological polar surface area (TPSA) is 97.6 Å². The van der Waals surface area contributed by atoms with Gasteiger partial charge in [0, 0.05) is 5.56 Å². The number of hydrogen-bond acceptors (Lipinski definition) is 9. The van der Waals surface area contributed by atoms with E-state index in [1.807, 2.05) is 36.4 Å². The van der Waals surface area contributed by atoms with Crippen LogP contribution in [0.25, 0.3) is 11.8 Å². The van der Waals surface area contributed by atoms with Gasteiger partial charge >= 0.3 is 5.97 Å². The fourth-order valence-corrected chi connectivity index (χ4v) is 6.57. The third-order valence-corrected chi connectivity index (χ3v) is 8.87. The minimum atomic E-state index is -0.885. The van der Waals surface area contributed by atoms with Gasteiger partial charge in [0.25, 0.3) is 5.56 Å². The standard InChI is InChI=1S/C38H33FN2O7S/c1-5-47-37(43)33-34(25-9-7-6-8-10-25)40-38-41(35(33)26-14-18-28(44-2)31(21-26)46-4)36(42)32(49-38)20-24-13-17-29(30(19-24)45-3)48-22-23-11-15-27(39)16-12-23/h6-21,35H,5,22H2,1-4H3/b32-20-/t35-/m1/s1. The van der Waals surface area contributed by atoms with E-state index in [9.17, 15) is 14.0 Å². The third-order valence-electron chi connectivity index (χ3n) is 7.89. The highest BCUT2D eigenvalue weighted by atomic mass is 32.1. The predicted octanol–water partition coefficient (Wildman–Crippen LogP) is 5.68. The van der Waals surface area contributed by atoms with Crippen molar-refractivity contribution in [2.45, 2.75) is 19.6 Å². The number of aromatic nitrogens is 1. The Morgan fingerprint density at radius 1 is 0.878 bits per heavy atom. The normalized spacial score (nSPS) is 14.1. The molecule has 0 N–H and O–H groups in total. The molecule has 1 aliphatic rings. The molecule has 0 unspecified atom stereocenters. The molecule has 1 atom stereocenters. The predicted molar refractivity (Wildman–Crippen MR) is 184 cm³/mol. The van der Waals surface area contributed by atoms with E-state index in [0.29, 0.717) is 54.7 Å². The van der Waals surface area contributed by atoms with E-state index in [1.54, 1.807) is 55.5 Å². The fraction of sp³-hybridized carbons (Fsp3) is 0.184. The largest absolute Gasteiger partial charge is 0.493 e. The van der Waals surface area contributed by atoms with Gasteiger partial charge in [-0.25, -0.2) is 14.2 Å². The van der Waals surface area contributed by atoms with Crippen LogP contribution in [0.15, 0.2) is 106 Å². The molecule has 1 aromatic heterocycles. The molecular weight excluding hydrogens is 647 g/mol. The minimum absolute atomic E-state index is 0.138. The molecule has 0 spiro atoms. The van der Waals surface area contributed by atoms with Gasteiger partial charge in [0.15, 0.2) is 27.8 Å². The lowest BCUT2D eigenvalue weighted by atomic mass is 9.93. The van der Waals surface area contributed by atoms with Crippen LogP contribution in [0.2, 0.25) is 0 Å². The molecule has 0 bridgehead atoms. The van der Waals surface area contributed by atoms with Crippen LogP contribution in [0.4, 0.5) is 4.39 Å². The number of hydrogen-bond donors (Lipinski definition) is 0. The highest BCUT2D eigenvalue weighted by Gasteiger charge is 2.35. The monoisotopic (exact) mass is 680 g/mol. The van der Waals surface area contributed by atoms with Gasteiger partial charge in [0.2, 0.25) is 0 Å². The second kappa shape index (κ2) is 14.6. The number of benzene rings is 4. The lowest BCUT2D eigenvalue weighted by Crippen LogP contribution is -2.40. The molecule has 2 heterocycles. The first kappa shape index (κ1) is 33.2. The maximum absolute atomic E-state index is 14.3. The van der Waals surface area contributed by atoms with E-state index in [4.69, 9.17) is 28.7 Å². The van der Waals surface area contributed by atoms with E-state index in [2.05, 4.69) is 0 Å². The van der Waals surface area contributed by atoms with Crippen molar-refractivity contribution in [3.05, 3.63) is 144 Å². The van der Waals surface area contributed by atoms with E-state index in [1.165, 1.54) is 49.4 Å². The van der Waals surface area contributed by atoms with Crippen molar-refractivity contribution in [3.8, 4) is 23.0 Å². The summed E-state index contributed by atoms with van der Waals surface area (Å²) in [5.74, 6) is 0.993. The summed E-state index contributed by atoms with van der Waals surface area (Å²) in [7, 11) is 4.60. The van der Waals surface area contributed by atoms with Crippen molar-refractivity contribution in [3.63, 3.8) is 0 Å².